The zero-order valence-electron chi connectivity index (χ0n) is 11.7. The van der Waals surface area contributed by atoms with Gasteiger partial charge >= 0.3 is 0 Å². The molecule has 0 aliphatic carbocycles. The second-order valence-corrected chi connectivity index (χ2v) is 5.48. The predicted octanol–water partition coefficient (Wildman–Crippen LogP) is 1.66. The summed E-state index contributed by atoms with van der Waals surface area (Å²) in [5, 5.41) is 9.66. The largest absolute Gasteiger partial charge is 0.495 e. The van der Waals surface area contributed by atoms with Crippen molar-refractivity contribution in [3.8, 4) is 5.75 Å². The van der Waals surface area contributed by atoms with Gasteiger partial charge < -0.3 is 18.8 Å². The highest BCUT2D eigenvalue weighted by molar-refractivity contribution is 7.12. The molecule has 1 amide bonds. The Bertz CT molecular complexity index is 639. The van der Waals surface area contributed by atoms with Crippen LogP contribution in [0.1, 0.15) is 27.5 Å². The monoisotopic (exact) mass is 309 g/mol. The highest BCUT2D eigenvalue weighted by atomic mass is 32.1. The number of morpholine rings is 1. The van der Waals surface area contributed by atoms with Gasteiger partial charge in [-0.05, 0) is 11.4 Å². The number of carbonyl (C=O) groups excluding carboxylic acids is 1. The average molecular weight is 309 g/mol. The summed E-state index contributed by atoms with van der Waals surface area (Å²) >= 11 is 1.35. The number of hydrogen-bond donors (Lipinski definition) is 0. The summed E-state index contributed by atoms with van der Waals surface area (Å²) in [6.45, 7) is 3.03. The molecule has 0 spiro atoms. The predicted molar refractivity (Wildman–Crippen MR) is 74.5 cm³/mol. The van der Waals surface area contributed by atoms with Crippen LogP contribution >= 0.6 is 11.3 Å². The van der Waals surface area contributed by atoms with Crippen molar-refractivity contribution in [1.82, 2.24) is 15.1 Å². The van der Waals surface area contributed by atoms with E-state index in [9.17, 15) is 4.79 Å². The normalized spacial score (nSPS) is 18.8. The standard InChI is InChI=1S/C13H15N3O4S/c1-8-14-15-12(20-8)9-7-19-5-4-16(9)13(17)11-10(18-2)3-6-21-11/h3,6,9H,4-5,7H2,1-2H3. The Balaban J connectivity index is 1.89. The SMILES string of the molecule is COc1ccsc1C(=O)N1CCOCC1c1nnc(C)o1. The summed E-state index contributed by atoms with van der Waals surface area (Å²) in [7, 11) is 1.55. The molecule has 0 radical (unpaired) electrons. The topological polar surface area (TPSA) is 77.7 Å². The van der Waals surface area contributed by atoms with Gasteiger partial charge in [-0.25, -0.2) is 0 Å². The van der Waals surface area contributed by atoms with Crippen molar-refractivity contribution in [1.29, 1.82) is 0 Å². The van der Waals surface area contributed by atoms with Crippen molar-refractivity contribution >= 4 is 17.2 Å². The fourth-order valence-corrected chi connectivity index (χ4v) is 3.06. The van der Waals surface area contributed by atoms with Crippen molar-refractivity contribution < 1.29 is 18.7 Å². The van der Waals surface area contributed by atoms with Crippen molar-refractivity contribution in [3.63, 3.8) is 0 Å². The molecule has 112 valence electrons. The van der Waals surface area contributed by atoms with E-state index in [0.29, 0.717) is 42.2 Å². The molecule has 1 aliphatic heterocycles. The number of hydrogen-bond acceptors (Lipinski definition) is 7. The maximum Gasteiger partial charge on any atom is 0.268 e. The van der Waals surface area contributed by atoms with Gasteiger partial charge in [0.2, 0.25) is 11.8 Å². The highest BCUT2D eigenvalue weighted by Gasteiger charge is 2.34. The zero-order valence-corrected chi connectivity index (χ0v) is 12.6. The molecule has 2 aromatic rings. The third kappa shape index (κ3) is 2.64. The van der Waals surface area contributed by atoms with Crippen LogP contribution in [0.4, 0.5) is 0 Å². The van der Waals surface area contributed by atoms with Gasteiger partial charge in [0.15, 0.2) is 0 Å². The van der Waals surface area contributed by atoms with Gasteiger partial charge in [0, 0.05) is 13.5 Å². The molecule has 21 heavy (non-hydrogen) atoms. The second-order valence-electron chi connectivity index (χ2n) is 4.57. The molecule has 8 heteroatoms. The molecule has 1 saturated heterocycles. The smallest absolute Gasteiger partial charge is 0.268 e. The number of aryl methyl sites for hydroxylation is 1. The molecule has 0 bridgehead atoms. The van der Waals surface area contributed by atoms with Crippen LogP contribution in [0.5, 0.6) is 5.75 Å². The summed E-state index contributed by atoms with van der Waals surface area (Å²) in [6.07, 6.45) is 0. The van der Waals surface area contributed by atoms with Crippen LogP contribution < -0.4 is 4.74 Å². The van der Waals surface area contributed by atoms with E-state index in [1.54, 1.807) is 25.0 Å². The van der Waals surface area contributed by atoms with E-state index in [-0.39, 0.29) is 11.9 Å². The van der Waals surface area contributed by atoms with Gasteiger partial charge in [-0.2, -0.15) is 0 Å². The first-order valence-electron chi connectivity index (χ1n) is 6.51. The number of amides is 1. The Morgan fingerprint density at radius 3 is 3.10 bits per heavy atom. The third-order valence-electron chi connectivity index (χ3n) is 3.26. The minimum Gasteiger partial charge on any atom is -0.495 e. The molecule has 1 unspecified atom stereocenters. The number of rotatable bonds is 3. The molecule has 1 fully saturated rings. The summed E-state index contributed by atoms with van der Waals surface area (Å²) < 4.78 is 16.1. The van der Waals surface area contributed by atoms with E-state index < -0.39 is 0 Å². The van der Waals surface area contributed by atoms with E-state index in [2.05, 4.69) is 10.2 Å². The van der Waals surface area contributed by atoms with Crippen molar-refractivity contribution in [2.24, 2.45) is 0 Å². The number of nitrogens with zero attached hydrogens (tertiary/aromatic N) is 3. The van der Waals surface area contributed by atoms with E-state index in [1.165, 1.54) is 11.3 Å². The molecule has 2 aromatic heterocycles. The minimum absolute atomic E-state index is 0.106. The van der Waals surface area contributed by atoms with Crippen LogP contribution in [0.15, 0.2) is 15.9 Å². The summed E-state index contributed by atoms with van der Waals surface area (Å²) in [4.78, 5) is 15.0. The summed E-state index contributed by atoms with van der Waals surface area (Å²) in [5.41, 5.74) is 0. The fraction of sp³-hybridized carbons (Fsp3) is 0.462. The Kier molecular flexibility index (Phi) is 3.89. The number of carbonyl (C=O) groups is 1. The molecule has 1 aliphatic rings. The number of methoxy groups -OCH3 is 1. The Hall–Kier alpha value is -1.93. The first-order chi connectivity index (χ1) is 10.2. The van der Waals surface area contributed by atoms with Gasteiger partial charge in [-0.1, -0.05) is 0 Å². The minimum atomic E-state index is -0.362. The van der Waals surface area contributed by atoms with Crippen LogP contribution in [-0.2, 0) is 4.74 Å². The first kappa shape index (κ1) is 14.0. The highest BCUT2D eigenvalue weighted by Crippen LogP contribution is 2.31. The summed E-state index contributed by atoms with van der Waals surface area (Å²) in [5.74, 6) is 1.34. The molecular weight excluding hydrogens is 294 g/mol. The molecule has 0 aromatic carbocycles. The van der Waals surface area contributed by atoms with Crippen LogP contribution in [0.3, 0.4) is 0 Å². The second kappa shape index (κ2) is 5.82. The van der Waals surface area contributed by atoms with E-state index >= 15 is 0 Å². The average Bonchev–Trinajstić information content (AvgIpc) is 3.15. The number of aromatic nitrogens is 2. The lowest BCUT2D eigenvalue weighted by molar-refractivity contribution is -0.0105. The lowest BCUT2D eigenvalue weighted by Crippen LogP contribution is -2.43. The van der Waals surface area contributed by atoms with Gasteiger partial charge in [0.25, 0.3) is 5.91 Å². The maximum atomic E-state index is 12.7. The van der Waals surface area contributed by atoms with Crippen LogP contribution in [0.2, 0.25) is 0 Å². The lowest BCUT2D eigenvalue weighted by atomic mass is 10.2. The van der Waals surface area contributed by atoms with Gasteiger partial charge in [0.05, 0.1) is 20.3 Å². The summed E-state index contributed by atoms with van der Waals surface area (Å²) in [6, 6.07) is 1.42. The molecule has 3 rings (SSSR count). The maximum absolute atomic E-state index is 12.7. The van der Waals surface area contributed by atoms with Crippen molar-refractivity contribution in [2.45, 2.75) is 13.0 Å². The fourth-order valence-electron chi connectivity index (χ4n) is 2.24. The number of ether oxygens (including phenoxy) is 2. The molecule has 0 N–H and O–H groups in total. The van der Waals surface area contributed by atoms with Crippen LogP contribution in [0.25, 0.3) is 0 Å². The first-order valence-corrected chi connectivity index (χ1v) is 7.39. The molecule has 1 atom stereocenters. The van der Waals surface area contributed by atoms with Gasteiger partial charge in [0.1, 0.15) is 16.7 Å². The van der Waals surface area contributed by atoms with Gasteiger partial charge in [-0.15, -0.1) is 21.5 Å². The Labute approximate surface area is 125 Å². The number of thiophene rings is 1. The van der Waals surface area contributed by atoms with Crippen LogP contribution in [0, 0.1) is 6.92 Å². The van der Waals surface area contributed by atoms with E-state index in [0.717, 1.165) is 0 Å². The Morgan fingerprint density at radius 1 is 1.52 bits per heavy atom. The van der Waals surface area contributed by atoms with Crippen molar-refractivity contribution in [3.05, 3.63) is 28.1 Å². The van der Waals surface area contributed by atoms with E-state index in [4.69, 9.17) is 13.9 Å². The quantitative estimate of drug-likeness (QED) is 0.858. The lowest BCUT2D eigenvalue weighted by Gasteiger charge is -2.33. The zero-order chi connectivity index (χ0) is 14.8. The molecule has 0 saturated carbocycles. The van der Waals surface area contributed by atoms with E-state index in [1.807, 2.05) is 5.38 Å². The molecule has 3 heterocycles. The van der Waals surface area contributed by atoms with Crippen molar-refractivity contribution in [2.75, 3.05) is 26.9 Å². The van der Waals surface area contributed by atoms with Crippen LogP contribution in [-0.4, -0.2) is 47.9 Å². The third-order valence-corrected chi connectivity index (χ3v) is 4.14. The molecule has 7 nitrogen and oxygen atoms in total. The van der Waals surface area contributed by atoms with Gasteiger partial charge in [-0.3, -0.25) is 4.79 Å². The Morgan fingerprint density at radius 2 is 2.38 bits per heavy atom. The molecular formula is C13H15N3O4S.